The number of halogens is 1. The molecule has 1 atom stereocenters. The molecule has 0 radical (unpaired) electrons. The summed E-state index contributed by atoms with van der Waals surface area (Å²) in [5.74, 6) is -1.09. The van der Waals surface area contributed by atoms with Gasteiger partial charge < -0.3 is 10.4 Å². The molecule has 114 valence electrons. The largest absolute Gasteiger partial charge is 0.478 e. The Morgan fingerprint density at radius 1 is 1.23 bits per heavy atom. The van der Waals surface area contributed by atoms with Crippen LogP contribution in [0.3, 0.4) is 0 Å². The minimum atomic E-state index is -0.914. The third kappa shape index (κ3) is 3.17. The maximum Gasteiger partial charge on any atom is 0.335 e. The number of hydrogen-bond acceptors (Lipinski definition) is 2. The molecule has 0 aromatic heterocycles. The van der Waals surface area contributed by atoms with E-state index in [1.807, 2.05) is 18.2 Å². The number of fused-ring (bicyclic) bond motifs is 1. The molecular weight excluding hydrogens is 281 g/mol. The van der Waals surface area contributed by atoms with Crippen LogP contribution in [0.15, 0.2) is 42.5 Å². The lowest BCUT2D eigenvalue weighted by atomic mass is 9.87. The third-order valence-corrected chi connectivity index (χ3v) is 4.17. The summed E-state index contributed by atoms with van der Waals surface area (Å²) in [6.07, 6.45) is 3.01. The van der Waals surface area contributed by atoms with E-state index in [0.29, 0.717) is 12.1 Å². The maximum absolute atomic E-state index is 13.3. The molecule has 0 bridgehead atoms. The topological polar surface area (TPSA) is 49.3 Å². The van der Waals surface area contributed by atoms with Crippen molar-refractivity contribution in [2.24, 2.45) is 0 Å². The quantitative estimate of drug-likeness (QED) is 0.905. The van der Waals surface area contributed by atoms with E-state index in [0.717, 1.165) is 30.4 Å². The standard InChI is InChI=1S/C18H18FNO2/c19-15-8-9-16-14(10-15)2-1-3-17(16)20-11-12-4-6-13(7-5-12)18(21)22/h4-10,17,20H,1-3,11H2,(H,21,22). The first kappa shape index (κ1) is 14.7. The Hall–Kier alpha value is -2.20. The van der Waals surface area contributed by atoms with Crippen LogP contribution in [0, 0.1) is 5.82 Å². The number of aryl methyl sites for hydroxylation is 1. The highest BCUT2D eigenvalue weighted by Crippen LogP contribution is 2.30. The van der Waals surface area contributed by atoms with Crippen LogP contribution in [0.1, 0.15) is 45.9 Å². The smallest absolute Gasteiger partial charge is 0.335 e. The fourth-order valence-corrected chi connectivity index (χ4v) is 3.00. The zero-order valence-corrected chi connectivity index (χ0v) is 12.2. The molecule has 0 saturated carbocycles. The Bertz CT molecular complexity index is 682. The number of carboxylic acid groups (broad SMARTS) is 1. The number of rotatable bonds is 4. The van der Waals surface area contributed by atoms with Crippen molar-refractivity contribution in [3.05, 3.63) is 70.5 Å². The van der Waals surface area contributed by atoms with E-state index >= 15 is 0 Å². The molecule has 2 aromatic carbocycles. The number of carbonyl (C=O) groups is 1. The summed E-state index contributed by atoms with van der Waals surface area (Å²) in [5.41, 5.74) is 3.60. The van der Waals surface area contributed by atoms with Crippen molar-refractivity contribution >= 4 is 5.97 Å². The van der Waals surface area contributed by atoms with Crippen LogP contribution < -0.4 is 5.32 Å². The third-order valence-electron chi connectivity index (χ3n) is 4.17. The van der Waals surface area contributed by atoms with E-state index in [1.54, 1.807) is 18.2 Å². The molecule has 2 N–H and O–H groups in total. The summed E-state index contributed by atoms with van der Waals surface area (Å²) < 4.78 is 13.3. The molecule has 3 nitrogen and oxygen atoms in total. The fourth-order valence-electron chi connectivity index (χ4n) is 3.00. The average Bonchev–Trinajstić information content (AvgIpc) is 2.52. The van der Waals surface area contributed by atoms with Gasteiger partial charge in [-0.1, -0.05) is 18.2 Å². The van der Waals surface area contributed by atoms with Crippen LogP contribution in [-0.4, -0.2) is 11.1 Å². The lowest BCUT2D eigenvalue weighted by Gasteiger charge is -2.26. The van der Waals surface area contributed by atoms with Crippen LogP contribution in [0.2, 0.25) is 0 Å². The molecule has 0 aliphatic heterocycles. The molecular formula is C18H18FNO2. The Balaban J connectivity index is 1.68. The Kier molecular flexibility index (Phi) is 4.20. The van der Waals surface area contributed by atoms with Crippen LogP contribution in [-0.2, 0) is 13.0 Å². The van der Waals surface area contributed by atoms with Crippen LogP contribution in [0.4, 0.5) is 4.39 Å². The van der Waals surface area contributed by atoms with Gasteiger partial charge in [-0.2, -0.15) is 0 Å². The van der Waals surface area contributed by atoms with Gasteiger partial charge in [0.25, 0.3) is 0 Å². The van der Waals surface area contributed by atoms with E-state index in [2.05, 4.69) is 5.32 Å². The van der Waals surface area contributed by atoms with Gasteiger partial charge in [0.05, 0.1) is 5.56 Å². The molecule has 22 heavy (non-hydrogen) atoms. The molecule has 1 aliphatic carbocycles. The van der Waals surface area contributed by atoms with Crippen molar-refractivity contribution in [2.75, 3.05) is 0 Å². The lowest BCUT2D eigenvalue weighted by molar-refractivity contribution is 0.0697. The van der Waals surface area contributed by atoms with E-state index in [1.165, 1.54) is 11.6 Å². The number of benzene rings is 2. The van der Waals surface area contributed by atoms with Crippen molar-refractivity contribution in [2.45, 2.75) is 31.8 Å². The van der Waals surface area contributed by atoms with Gasteiger partial charge in [-0.15, -0.1) is 0 Å². The first-order valence-corrected chi connectivity index (χ1v) is 7.47. The van der Waals surface area contributed by atoms with Gasteiger partial charge in [0.15, 0.2) is 0 Å². The van der Waals surface area contributed by atoms with Crippen LogP contribution in [0.25, 0.3) is 0 Å². The SMILES string of the molecule is O=C(O)c1ccc(CNC2CCCc3cc(F)ccc32)cc1. The number of carboxylic acids is 1. The highest BCUT2D eigenvalue weighted by atomic mass is 19.1. The summed E-state index contributed by atoms with van der Waals surface area (Å²) in [6, 6.07) is 12.1. The van der Waals surface area contributed by atoms with Gasteiger partial charge in [0.2, 0.25) is 0 Å². The number of nitrogens with one attached hydrogen (secondary N) is 1. The summed E-state index contributed by atoms with van der Waals surface area (Å²) >= 11 is 0. The van der Waals surface area contributed by atoms with E-state index in [4.69, 9.17) is 5.11 Å². The van der Waals surface area contributed by atoms with E-state index in [9.17, 15) is 9.18 Å². The zero-order valence-electron chi connectivity index (χ0n) is 12.2. The summed E-state index contributed by atoms with van der Waals surface area (Å²) in [5, 5.41) is 12.4. The second-order valence-corrected chi connectivity index (χ2v) is 5.67. The van der Waals surface area contributed by atoms with Gasteiger partial charge in [-0.3, -0.25) is 0 Å². The lowest BCUT2D eigenvalue weighted by Crippen LogP contribution is -2.25. The predicted molar refractivity (Wildman–Crippen MR) is 82.3 cm³/mol. The zero-order chi connectivity index (χ0) is 15.5. The average molecular weight is 299 g/mol. The minimum Gasteiger partial charge on any atom is -0.478 e. The highest BCUT2D eigenvalue weighted by Gasteiger charge is 2.20. The van der Waals surface area contributed by atoms with Gasteiger partial charge in [0, 0.05) is 12.6 Å². The molecule has 4 heteroatoms. The molecule has 2 aromatic rings. The maximum atomic E-state index is 13.3. The number of aromatic carboxylic acids is 1. The van der Waals surface area contributed by atoms with Crippen molar-refractivity contribution in [3.8, 4) is 0 Å². The molecule has 0 spiro atoms. The van der Waals surface area contributed by atoms with Gasteiger partial charge in [0.1, 0.15) is 5.82 Å². The van der Waals surface area contributed by atoms with Crippen molar-refractivity contribution in [1.82, 2.24) is 5.32 Å². The van der Waals surface area contributed by atoms with Crippen LogP contribution >= 0.6 is 0 Å². The van der Waals surface area contributed by atoms with Gasteiger partial charge >= 0.3 is 5.97 Å². The minimum absolute atomic E-state index is 0.177. The Morgan fingerprint density at radius 3 is 2.73 bits per heavy atom. The molecule has 0 fully saturated rings. The second-order valence-electron chi connectivity index (χ2n) is 5.67. The molecule has 1 aliphatic rings. The monoisotopic (exact) mass is 299 g/mol. The van der Waals surface area contributed by atoms with E-state index < -0.39 is 5.97 Å². The molecule has 1 unspecified atom stereocenters. The summed E-state index contributed by atoms with van der Waals surface area (Å²) in [7, 11) is 0. The normalized spacial score (nSPS) is 17.0. The fraction of sp³-hybridized carbons (Fsp3) is 0.278. The first-order valence-electron chi connectivity index (χ1n) is 7.47. The summed E-state index contributed by atoms with van der Waals surface area (Å²) in [6.45, 7) is 0.668. The van der Waals surface area contributed by atoms with Crippen molar-refractivity contribution in [3.63, 3.8) is 0 Å². The van der Waals surface area contributed by atoms with Gasteiger partial charge in [-0.05, 0) is 60.2 Å². The summed E-state index contributed by atoms with van der Waals surface area (Å²) in [4.78, 5) is 10.8. The first-order chi connectivity index (χ1) is 10.6. The molecule has 0 saturated heterocycles. The Morgan fingerprint density at radius 2 is 2.00 bits per heavy atom. The number of hydrogen-bond donors (Lipinski definition) is 2. The van der Waals surface area contributed by atoms with E-state index in [-0.39, 0.29) is 11.9 Å². The molecule has 0 amide bonds. The Labute approximate surface area is 128 Å². The van der Waals surface area contributed by atoms with Crippen LogP contribution in [0.5, 0.6) is 0 Å². The van der Waals surface area contributed by atoms with Crippen molar-refractivity contribution < 1.29 is 14.3 Å². The van der Waals surface area contributed by atoms with Crippen molar-refractivity contribution in [1.29, 1.82) is 0 Å². The second kappa shape index (κ2) is 6.28. The molecule has 0 heterocycles. The van der Waals surface area contributed by atoms with Gasteiger partial charge in [-0.25, -0.2) is 9.18 Å². The molecule has 3 rings (SSSR count). The highest BCUT2D eigenvalue weighted by molar-refractivity contribution is 5.87. The predicted octanol–water partition coefficient (Wildman–Crippen LogP) is 3.69.